The molecule has 2 aromatic rings. The van der Waals surface area contributed by atoms with E-state index >= 15 is 0 Å². The zero-order valence-corrected chi connectivity index (χ0v) is 11.0. The van der Waals surface area contributed by atoms with Crippen molar-refractivity contribution in [1.29, 1.82) is 0 Å². The van der Waals surface area contributed by atoms with Crippen LogP contribution in [0, 0.1) is 0 Å². The first-order chi connectivity index (χ1) is 9.66. The summed E-state index contributed by atoms with van der Waals surface area (Å²) < 4.78 is 38.8. The van der Waals surface area contributed by atoms with Crippen molar-refractivity contribution in [2.24, 2.45) is 0 Å². The van der Waals surface area contributed by atoms with Gasteiger partial charge in [0.05, 0.1) is 12.1 Å². The Kier molecular flexibility index (Phi) is 3.73. The number of pyridine rings is 1. The van der Waals surface area contributed by atoms with Crippen LogP contribution in [0.1, 0.15) is 11.4 Å². The quantitative estimate of drug-likeness (QED) is 0.850. The zero-order chi connectivity index (χ0) is 15.8. The van der Waals surface area contributed by atoms with Crippen LogP contribution in [0.2, 0.25) is 5.02 Å². The van der Waals surface area contributed by atoms with Gasteiger partial charge in [0.15, 0.2) is 5.82 Å². The smallest absolute Gasteiger partial charge is 0.368 e. The van der Waals surface area contributed by atoms with Gasteiger partial charge in [-0.1, -0.05) is 11.6 Å². The molecule has 0 aliphatic heterocycles. The van der Waals surface area contributed by atoms with E-state index in [1.807, 2.05) is 0 Å². The van der Waals surface area contributed by atoms with Crippen LogP contribution in [0.3, 0.4) is 0 Å². The largest absolute Gasteiger partial charge is 0.417 e. The topological polar surface area (TPSA) is 113 Å². The summed E-state index contributed by atoms with van der Waals surface area (Å²) in [5.74, 6) is -0.468. The second-order valence-corrected chi connectivity index (χ2v) is 4.38. The number of nitrogen functional groups attached to an aromatic ring is 2. The molecule has 112 valence electrons. The van der Waals surface area contributed by atoms with E-state index in [2.05, 4.69) is 15.0 Å². The van der Waals surface area contributed by atoms with Crippen LogP contribution in [-0.4, -0.2) is 19.5 Å². The summed E-state index contributed by atoms with van der Waals surface area (Å²) in [6.07, 6.45) is -4.03. The number of anilines is 2. The number of halogens is 4. The summed E-state index contributed by atoms with van der Waals surface area (Å²) >= 11 is 5.52. The molecule has 11 heteroatoms. The molecule has 2 aromatic heterocycles. The molecule has 0 aliphatic rings. The van der Waals surface area contributed by atoms with E-state index in [1.165, 1.54) is 0 Å². The number of nitrogens with two attached hydrogens (primary N) is 2. The summed E-state index contributed by atoms with van der Waals surface area (Å²) in [4.78, 5) is 22.6. The van der Waals surface area contributed by atoms with Crippen molar-refractivity contribution in [2.45, 2.75) is 12.7 Å². The van der Waals surface area contributed by atoms with Crippen LogP contribution in [0.15, 0.2) is 17.1 Å². The van der Waals surface area contributed by atoms with Gasteiger partial charge in [-0.15, -0.1) is 0 Å². The first-order valence-corrected chi connectivity index (χ1v) is 5.77. The molecule has 7 nitrogen and oxygen atoms in total. The van der Waals surface area contributed by atoms with E-state index in [0.29, 0.717) is 12.3 Å². The summed E-state index contributed by atoms with van der Waals surface area (Å²) in [6, 6.07) is 0.552. The van der Waals surface area contributed by atoms with Crippen molar-refractivity contribution < 1.29 is 13.2 Å². The van der Waals surface area contributed by atoms with Crippen molar-refractivity contribution in [1.82, 2.24) is 19.5 Å². The lowest BCUT2D eigenvalue weighted by molar-refractivity contribution is -0.138. The molecule has 0 amide bonds. The second-order valence-electron chi connectivity index (χ2n) is 3.98. The van der Waals surface area contributed by atoms with Crippen LogP contribution >= 0.6 is 11.6 Å². The fourth-order valence-corrected chi connectivity index (χ4v) is 1.78. The number of hydrogen-bond donors (Lipinski definition) is 2. The van der Waals surface area contributed by atoms with E-state index in [-0.39, 0.29) is 24.3 Å². The van der Waals surface area contributed by atoms with E-state index in [9.17, 15) is 18.0 Å². The maximum atomic E-state index is 12.7. The zero-order valence-electron chi connectivity index (χ0n) is 10.2. The summed E-state index contributed by atoms with van der Waals surface area (Å²) in [7, 11) is 0. The maximum absolute atomic E-state index is 12.7. The molecule has 2 heterocycles. The molecular formula is C10H8ClF3N6O. The molecule has 0 saturated carbocycles. The molecule has 21 heavy (non-hydrogen) atoms. The minimum absolute atomic E-state index is 0.0579. The van der Waals surface area contributed by atoms with Gasteiger partial charge < -0.3 is 16.0 Å². The van der Waals surface area contributed by atoms with Crippen molar-refractivity contribution in [2.75, 3.05) is 11.5 Å². The van der Waals surface area contributed by atoms with Gasteiger partial charge in [-0.2, -0.15) is 28.1 Å². The Labute approximate surface area is 120 Å². The van der Waals surface area contributed by atoms with Crippen LogP contribution in [0.25, 0.3) is 0 Å². The molecule has 0 aromatic carbocycles. The highest BCUT2D eigenvalue weighted by atomic mass is 35.5. The highest BCUT2D eigenvalue weighted by Gasteiger charge is 2.32. The second kappa shape index (κ2) is 5.20. The predicted molar refractivity (Wildman–Crippen MR) is 68.5 cm³/mol. The van der Waals surface area contributed by atoms with Gasteiger partial charge in [0.25, 0.3) is 5.56 Å². The van der Waals surface area contributed by atoms with Crippen LogP contribution < -0.4 is 17.0 Å². The van der Waals surface area contributed by atoms with Crippen LogP contribution in [-0.2, 0) is 12.7 Å². The van der Waals surface area contributed by atoms with Crippen LogP contribution in [0.5, 0.6) is 0 Å². The number of nitrogens with zero attached hydrogens (tertiary/aromatic N) is 4. The minimum Gasteiger partial charge on any atom is -0.368 e. The number of hydrogen-bond acceptors (Lipinski definition) is 6. The lowest BCUT2D eigenvalue weighted by atomic mass is 10.2. The van der Waals surface area contributed by atoms with Gasteiger partial charge in [0.1, 0.15) is 5.02 Å². The molecular weight excluding hydrogens is 313 g/mol. The van der Waals surface area contributed by atoms with E-state index < -0.39 is 22.3 Å². The fourth-order valence-electron chi connectivity index (χ4n) is 1.55. The highest BCUT2D eigenvalue weighted by Crippen LogP contribution is 2.29. The van der Waals surface area contributed by atoms with Crippen molar-refractivity contribution in [3.8, 4) is 0 Å². The van der Waals surface area contributed by atoms with Gasteiger partial charge >= 0.3 is 6.18 Å². The molecule has 0 spiro atoms. The van der Waals surface area contributed by atoms with Gasteiger partial charge in [-0.25, -0.2) is 0 Å². The highest BCUT2D eigenvalue weighted by molar-refractivity contribution is 6.30. The Morgan fingerprint density at radius 1 is 1.19 bits per heavy atom. The third-order valence-electron chi connectivity index (χ3n) is 2.40. The predicted octanol–water partition coefficient (Wildman–Crippen LogP) is 0.918. The van der Waals surface area contributed by atoms with Gasteiger partial charge in [0.2, 0.25) is 11.9 Å². The third-order valence-corrected chi connectivity index (χ3v) is 2.67. The molecule has 0 radical (unpaired) electrons. The van der Waals surface area contributed by atoms with E-state index in [4.69, 9.17) is 23.1 Å². The first-order valence-electron chi connectivity index (χ1n) is 5.40. The minimum atomic E-state index is -4.64. The standard InChI is InChI=1S/C10H8ClF3N6O/c11-5-1-4(10(12,13)14)2-20(7(5)21)3-6-17-8(15)19-9(16)18-6/h1-2H,3H2,(H4,15,16,17,18,19). The molecule has 0 bridgehead atoms. The van der Waals surface area contributed by atoms with Gasteiger partial charge in [-0.05, 0) is 6.07 Å². The molecule has 0 atom stereocenters. The normalized spacial score (nSPS) is 11.6. The SMILES string of the molecule is Nc1nc(N)nc(Cn2cc(C(F)(F)F)cc(Cl)c2=O)n1. The number of aromatic nitrogens is 4. The van der Waals surface area contributed by atoms with E-state index in [1.54, 1.807) is 0 Å². The summed E-state index contributed by atoms with van der Waals surface area (Å²) in [6.45, 7) is -0.376. The fraction of sp³-hybridized carbons (Fsp3) is 0.200. The molecule has 0 fully saturated rings. The van der Waals surface area contributed by atoms with Crippen molar-refractivity contribution in [3.63, 3.8) is 0 Å². The molecule has 2 rings (SSSR count). The Morgan fingerprint density at radius 2 is 1.76 bits per heavy atom. The first kappa shape index (κ1) is 15.0. The summed E-state index contributed by atoms with van der Waals surface area (Å²) in [5, 5.41) is -0.570. The molecule has 0 saturated heterocycles. The molecule has 4 N–H and O–H groups in total. The number of rotatable bonds is 2. The van der Waals surface area contributed by atoms with Gasteiger partial charge in [0, 0.05) is 6.20 Å². The average molecular weight is 321 g/mol. The molecule has 0 unspecified atom stereocenters. The lowest BCUT2D eigenvalue weighted by Gasteiger charge is -2.11. The van der Waals surface area contributed by atoms with Crippen LogP contribution in [0.4, 0.5) is 25.1 Å². The Morgan fingerprint density at radius 3 is 2.29 bits per heavy atom. The Balaban J connectivity index is 2.48. The van der Waals surface area contributed by atoms with Crippen molar-refractivity contribution >= 4 is 23.5 Å². The lowest BCUT2D eigenvalue weighted by Crippen LogP contribution is -2.24. The van der Waals surface area contributed by atoms with E-state index in [0.717, 1.165) is 4.57 Å². The Bertz CT molecular complexity index is 724. The monoisotopic (exact) mass is 320 g/mol. The van der Waals surface area contributed by atoms with Crippen molar-refractivity contribution in [3.05, 3.63) is 39.0 Å². The van der Waals surface area contributed by atoms with Gasteiger partial charge in [-0.3, -0.25) is 4.79 Å². The molecule has 0 aliphatic carbocycles. The Hall–Kier alpha value is -2.36. The maximum Gasteiger partial charge on any atom is 0.417 e. The summed E-state index contributed by atoms with van der Waals surface area (Å²) in [5.41, 5.74) is 8.80. The number of alkyl halides is 3. The third kappa shape index (κ3) is 3.40. The average Bonchev–Trinajstić information content (AvgIpc) is 2.32.